The van der Waals surface area contributed by atoms with Gasteiger partial charge in [-0.2, -0.15) is 0 Å². The zero-order valence-corrected chi connectivity index (χ0v) is 15.1. The number of benzene rings is 1. The Labute approximate surface area is 153 Å². The third-order valence-corrected chi connectivity index (χ3v) is 4.48. The SMILES string of the molecule is CCN(C(=O)CCc1ncc(-c2ccccc2)o1)C(C)c1ccncc1. The molecule has 0 aliphatic carbocycles. The summed E-state index contributed by atoms with van der Waals surface area (Å²) in [5.74, 6) is 1.41. The average Bonchev–Trinajstić information content (AvgIpc) is 3.17. The van der Waals surface area contributed by atoms with E-state index < -0.39 is 0 Å². The Bertz CT molecular complexity index is 831. The standard InChI is InChI=1S/C21H23N3O2/c1-3-24(16(2)17-11-13-22-14-12-17)21(25)10-9-20-23-15-19(26-20)18-7-5-4-6-8-18/h4-8,11-16H,3,9-10H2,1-2H3. The molecule has 5 heteroatoms. The van der Waals surface area contributed by atoms with Gasteiger partial charge in [-0.05, 0) is 31.5 Å². The molecule has 0 radical (unpaired) electrons. The van der Waals surface area contributed by atoms with Crippen molar-refractivity contribution in [2.24, 2.45) is 0 Å². The molecule has 0 aliphatic rings. The summed E-state index contributed by atoms with van der Waals surface area (Å²) in [5.41, 5.74) is 2.07. The number of carbonyl (C=O) groups excluding carboxylic acids is 1. The molecule has 3 aromatic rings. The van der Waals surface area contributed by atoms with E-state index in [0.29, 0.717) is 25.3 Å². The van der Waals surface area contributed by atoms with Gasteiger partial charge >= 0.3 is 0 Å². The second-order valence-corrected chi connectivity index (χ2v) is 6.12. The van der Waals surface area contributed by atoms with Crippen molar-refractivity contribution in [1.29, 1.82) is 0 Å². The van der Waals surface area contributed by atoms with Crippen LogP contribution in [0.25, 0.3) is 11.3 Å². The van der Waals surface area contributed by atoms with Crippen molar-refractivity contribution in [2.45, 2.75) is 32.7 Å². The second kappa shape index (κ2) is 8.43. The van der Waals surface area contributed by atoms with Gasteiger partial charge in [-0.15, -0.1) is 0 Å². The summed E-state index contributed by atoms with van der Waals surface area (Å²) in [4.78, 5) is 22.9. The van der Waals surface area contributed by atoms with Crippen molar-refractivity contribution in [2.75, 3.05) is 6.54 Å². The highest BCUT2D eigenvalue weighted by Crippen LogP contribution is 2.22. The maximum atomic E-state index is 12.7. The van der Waals surface area contributed by atoms with E-state index in [-0.39, 0.29) is 11.9 Å². The minimum atomic E-state index is 0.0138. The van der Waals surface area contributed by atoms with Gasteiger partial charge in [-0.1, -0.05) is 30.3 Å². The first-order valence-corrected chi connectivity index (χ1v) is 8.88. The van der Waals surface area contributed by atoms with Crippen LogP contribution in [0.1, 0.15) is 37.8 Å². The van der Waals surface area contributed by atoms with Crippen molar-refractivity contribution in [3.8, 4) is 11.3 Å². The van der Waals surface area contributed by atoms with Gasteiger partial charge in [-0.25, -0.2) is 4.98 Å². The quantitative estimate of drug-likeness (QED) is 0.639. The zero-order chi connectivity index (χ0) is 18.4. The number of aryl methyl sites for hydroxylation is 1. The van der Waals surface area contributed by atoms with Gasteiger partial charge in [0.25, 0.3) is 0 Å². The molecule has 26 heavy (non-hydrogen) atoms. The fourth-order valence-corrected chi connectivity index (χ4v) is 3.01. The molecule has 1 aromatic carbocycles. The first-order chi connectivity index (χ1) is 12.7. The van der Waals surface area contributed by atoms with Crippen LogP contribution in [0.2, 0.25) is 0 Å². The molecule has 134 valence electrons. The van der Waals surface area contributed by atoms with E-state index in [1.807, 2.05) is 61.2 Å². The van der Waals surface area contributed by atoms with Crippen LogP contribution in [0, 0.1) is 0 Å². The van der Waals surface area contributed by atoms with Crippen LogP contribution in [-0.4, -0.2) is 27.3 Å². The molecular weight excluding hydrogens is 326 g/mol. The first kappa shape index (κ1) is 17.9. The predicted molar refractivity (Wildman–Crippen MR) is 100 cm³/mol. The van der Waals surface area contributed by atoms with Crippen LogP contribution in [0.15, 0.2) is 65.5 Å². The predicted octanol–water partition coefficient (Wildman–Crippen LogP) is 4.28. The van der Waals surface area contributed by atoms with Crippen molar-refractivity contribution in [3.05, 3.63) is 72.5 Å². The fraction of sp³-hybridized carbons (Fsp3) is 0.286. The number of oxazole rings is 1. The zero-order valence-electron chi connectivity index (χ0n) is 15.1. The summed E-state index contributed by atoms with van der Waals surface area (Å²) in [6.07, 6.45) is 6.08. The minimum Gasteiger partial charge on any atom is -0.441 e. The maximum absolute atomic E-state index is 12.7. The number of nitrogens with zero attached hydrogens (tertiary/aromatic N) is 3. The molecule has 0 spiro atoms. The van der Waals surface area contributed by atoms with Crippen LogP contribution in [0.3, 0.4) is 0 Å². The lowest BCUT2D eigenvalue weighted by Crippen LogP contribution is -2.33. The molecule has 0 saturated carbocycles. The maximum Gasteiger partial charge on any atom is 0.223 e. The molecular formula is C21H23N3O2. The van der Waals surface area contributed by atoms with Crippen LogP contribution < -0.4 is 0 Å². The van der Waals surface area contributed by atoms with Gasteiger partial charge in [0.1, 0.15) is 0 Å². The third-order valence-electron chi connectivity index (χ3n) is 4.48. The molecule has 0 fully saturated rings. The van der Waals surface area contributed by atoms with Crippen LogP contribution in [-0.2, 0) is 11.2 Å². The van der Waals surface area contributed by atoms with Gasteiger partial charge in [0.15, 0.2) is 11.7 Å². The first-order valence-electron chi connectivity index (χ1n) is 8.88. The summed E-state index contributed by atoms with van der Waals surface area (Å²) < 4.78 is 5.79. The summed E-state index contributed by atoms with van der Waals surface area (Å²) in [5, 5.41) is 0. The Balaban J connectivity index is 1.62. The van der Waals surface area contributed by atoms with Crippen molar-refractivity contribution >= 4 is 5.91 Å². The third kappa shape index (κ3) is 4.17. The largest absolute Gasteiger partial charge is 0.441 e. The summed E-state index contributed by atoms with van der Waals surface area (Å²) in [6, 6.07) is 13.7. The van der Waals surface area contributed by atoms with E-state index in [9.17, 15) is 4.79 Å². The van der Waals surface area contributed by atoms with Gasteiger partial charge in [0.2, 0.25) is 5.91 Å². The van der Waals surface area contributed by atoms with E-state index >= 15 is 0 Å². The minimum absolute atomic E-state index is 0.0138. The topological polar surface area (TPSA) is 59.2 Å². The number of pyridine rings is 1. The fourth-order valence-electron chi connectivity index (χ4n) is 3.01. The van der Waals surface area contributed by atoms with Crippen LogP contribution in [0.5, 0.6) is 0 Å². The molecule has 0 aliphatic heterocycles. The van der Waals surface area contributed by atoms with Crippen LogP contribution >= 0.6 is 0 Å². The number of hydrogen-bond donors (Lipinski definition) is 0. The number of aromatic nitrogens is 2. The molecule has 2 aromatic heterocycles. The normalized spacial score (nSPS) is 11.9. The number of hydrogen-bond acceptors (Lipinski definition) is 4. The lowest BCUT2D eigenvalue weighted by atomic mass is 10.1. The molecule has 1 amide bonds. The van der Waals surface area contributed by atoms with Crippen molar-refractivity contribution < 1.29 is 9.21 Å². The second-order valence-electron chi connectivity index (χ2n) is 6.12. The molecule has 3 rings (SSSR count). The highest BCUT2D eigenvalue weighted by molar-refractivity contribution is 5.76. The lowest BCUT2D eigenvalue weighted by molar-refractivity contribution is -0.133. The molecule has 2 heterocycles. The van der Waals surface area contributed by atoms with E-state index in [1.54, 1.807) is 18.6 Å². The molecule has 0 N–H and O–H groups in total. The van der Waals surface area contributed by atoms with Gasteiger partial charge in [-0.3, -0.25) is 9.78 Å². The molecule has 5 nitrogen and oxygen atoms in total. The van der Waals surface area contributed by atoms with Crippen molar-refractivity contribution in [1.82, 2.24) is 14.9 Å². The van der Waals surface area contributed by atoms with E-state index in [0.717, 1.165) is 16.9 Å². The van der Waals surface area contributed by atoms with E-state index in [2.05, 4.69) is 9.97 Å². The van der Waals surface area contributed by atoms with Crippen molar-refractivity contribution in [3.63, 3.8) is 0 Å². The Hall–Kier alpha value is -2.95. The number of rotatable bonds is 7. The molecule has 0 saturated heterocycles. The highest BCUT2D eigenvalue weighted by Gasteiger charge is 2.20. The van der Waals surface area contributed by atoms with Gasteiger partial charge in [0.05, 0.1) is 12.2 Å². The Morgan fingerprint density at radius 3 is 2.58 bits per heavy atom. The Morgan fingerprint density at radius 2 is 1.88 bits per heavy atom. The van der Waals surface area contributed by atoms with E-state index in [4.69, 9.17) is 4.42 Å². The lowest BCUT2D eigenvalue weighted by Gasteiger charge is -2.28. The molecule has 1 unspecified atom stereocenters. The molecule has 1 atom stereocenters. The summed E-state index contributed by atoms with van der Waals surface area (Å²) in [7, 11) is 0. The van der Waals surface area contributed by atoms with Gasteiger partial charge < -0.3 is 9.32 Å². The summed E-state index contributed by atoms with van der Waals surface area (Å²) >= 11 is 0. The Morgan fingerprint density at radius 1 is 1.15 bits per heavy atom. The summed E-state index contributed by atoms with van der Waals surface area (Å²) in [6.45, 7) is 4.69. The molecule has 0 bridgehead atoms. The smallest absolute Gasteiger partial charge is 0.223 e. The highest BCUT2D eigenvalue weighted by atomic mass is 16.4. The van der Waals surface area contributed by atoms with E-state index in [1.165, 1.54) is 0 Å². The number of amides is 1. The number of carbonyl (C=O) groups is 1. The average molecular weight is 349 g/mol. The Kier molecular flexibility index (Phi) is 5.79. The van der Waals surface area contributed by atoms with Gasteiger partial charge in [0, 0.05) is 37.3 Å². The monoisotopic (exact) mass is 349 g/mol. The van der Waals surface area contributed by atoms with Crippen LogP contribution in [0.4, 0.5) is 0 Å².